The topological polar surface area (TPSA) is 47.3 Å². The smallest absolute Gasteiger partial charge is 0.122 e. The van der Waals surface area contributed by atoms with E-state index < -0.39 is 0 Å². The Morgan fingerprint density at radius 3 is 2.50 bits per heavy atom. The second-order valence-electron chi connectivity index (χ2n) is 5.89. The lowest BCUT2D eigenvalue weighted by atomic mass is 9.85. The Bertz CT molecular complexity index is 381. The normalized spacial score (nSPS) is 13.4. The monoisotopic (exact) mass is 250 g/mol. The Kier molecular flexibility index (Phi) is 5.17. The zero-order chi connectivity index (χ0) is 13.8. The first-order valence-electron chi connectivity index (χ1n) is 6.48. The van der Waals surface area contributed by atoms with Crippen LogP contribution >= 0.6 is 0 Å². The number of benzene rings is 1. The summed E-state index contributed by atoms with van der Waals surface area (Å²) in [5.41, 5.74) is 8.31. The number of nitrogens with two attached hydrogens (primary N) is 1. The predicted octanol–water partition coefficient (Wildman–Crippen LogP) is 2.43. The molecule has 1 aromatic rings. The average Bonchev–Trinajstić information content (AvgIpc) is 2.27. The summed E-state index contributed by atoms with van der Waals surface area (Å²) in [5, 5.41) is 3.35. The van der Waals surface area contributed by atoms with Gasteiger partial charge in [0, 0.05) is 19.1 Å². The predicted molar refractivity (Wildman–Crippen MR) is 77.1 cm³/mol. The van der Waals surface area contributed by atoms with Crippen LogP contribution in [0.3, 0.4) is 0 Å². The lowest BCUT2D eigenvalue weighted by Gasteiger charge is -2.23. The van der Waals surface area contributed by atoms with Crippen LogP contribution in [0, 0.1) is 0 Å². The van der Waals surface area contributed by atoms with Crippen molar-refractivity contribution in [3.05, 3.63) is 29.3 Å². The van der Waals surface area contributed by atoms with Crippen molar-refractivity contribution < 1.29 is 4.74 Å². The van der Waals surface area contributed by atoms with Crippen molar-refractivity contribution in [1.29, 1.82) is 0 Å². The molecule has 3 heteroatoms. The lowest BCUT2D eigenvalue weighted by Crippen LogP contribution is -2.30. The van der Waals surface area contributed by atoms with E-state index in [2.05, 4.69) is 38.2 Å². The van der Waals surface area contributed by atoms with Gasteiger partial charge in [-0.2, -0.15) is 0 Å². The molecule has 0 amide bonds. The van der Waals surface area contributed by atoms with Crippen LogP contribution in [0.15, 0.2) is 18.2 Å². The molecule has 1 aromatic carbocycles. The highest BCUT2D eigenvalue weighted by atomic mass is 16.5. The first-order valence-corrected chi connectivity index (χ1v) is 6.48. The third-order valence-electron chi connectivity index (χ3n) is 2.87. The Morgan fingerprint density at radius 1 is 1.33 bits per heavy atom. The van der Waals surface area contributed by atoms with Crippen molar-refractivity contribution in [2.24, 2.45) is 5.73 Å². The second-order valence-corrected chi connectivity index (χ2v) is 5.89. The van der Waals surface area contributed by atoms with Gasteiger partial charge >= 0.3 is 0 Å². The maximum absolute atomic E-state index is 5.72. The maximum atomic E-state index is 5.72. The van der Waals surface area contributed by atoms with E-state index in [1.807, 2.05) is 13.0 Å². The molecule has 1 atom stereocenters. The Morgan fingerprint density at radius 2 is 2.00 bits per heavy atom. The highest BCUT2D eigenvalue weighted by Crippen LogP contribution is 2.31. The first-order chi connectivity index (χ1) is 8.34. The van der Waals surface area contributed by atoms with Crippen LogP contribution in [0.4, 0.5) is 0 Å². The number of methoxy groups -OCH3 is 1. The van der Waals surface area contributed by atoms with Gasteiger partial charge in [0.25, 0.3) is 0 Å². The molecule has 0 saturated heterocycles. The molecular weight excluding hydrogens is 224 g/mol. The third kappa shape index (κ3) is 4.31. The van der Waals surface area contributed by atoms with Crippen LogP contribution in [0.25, 0.3) is 0 Å². The van der Waals surface area contributed by atoms with Crippen molar-refractivity contribution in [1.82, 2.24) is 5.32 Å². The summed E-state index contributed by atoms with van der Waals surface area (Å²) >= 11 is 0. The van der Waals surface area contributed by atoms with Gasteiger partial charge in [0.15, 0.2) is 0 Å². The Balaban J connectivity index is 2.83. The van der Waals surface area contributed by atoms with Crippen molar-refractivity contribution in [2.45, 2.75) is 45.7 Å². The van der Waals surface area contributed by atoms with Crippen LogP contribution in [0.5, 0.6) is 5.75 Å². The molecule has 0 spiro atoms. The van der Waals surface area contributed by atoms with Gasteiger partial charge in [-0.15, -0.1) is 0 Å². The van der Waals surface area contributed by atoms with E-state index in [1.54, 1.807) is 7.11 Å². The zero-order valence-electron chi connectivity index (χ0n) is 12.2. The molecule has 1 rings (SSSR count). The van der Waals surface area contributed by atoms with E-state index in [0.29, 0.717) is 0 Å². The molecule has 18 heavy (non-hydrogen) atoms. The summed E-state index contributed by atoms with van der Waals surface area (Å²) in [4.78, 5) is 0. The van der Waals surface area contributed by atoms with E-state index >= 15 is 0 Å². The van der Waals surface area contributed by atoms with Crippen LogP contribution in [-0.2, 0) is 12.0 Å². The number of hydrogen-bond donors (Lipinski definition) is 2. The first kappa shape index (κ1) is 15.0. The molecule has 0 aliphatic heterocycles. The van der Waals surface area contributed by atoms with Gasteiger partial charge < -0.3 is 15.8 Å². The van der Waals surface area contributed by atoms with Crippen LogP contribution in [-0.4, -0.2) is 19.7 Å². The van der Waals surface area contributed by atoms with E-state index in [4.69, 9.17) is 10.5 Å². The summed E-state index contributed by atoms with van der Waals surface area (Å²) in [6, 6.07) is 6.55. The highest BCUT2D eigenvalue weighted by molar-refractivity contribution is 5.41. The van der Waals surface area contributed by atoms with E-state index in [1.165, 1.54) is 11.1 Å². The molecule has 3 nitrogen and oxygen atoms in total. The second kappa shape index (κ2) is 6.21. The fourth-order valence-corrected chi connectivity index (χ4v) is 1.90. The molecule has 0 aliphatic carbocycles. The van der Waals surface area contributed by atoms with Crippen LogP contribution in [0.2, 0.25) is 0 Å². The van der Waals surface area contributed by atoms with Crippen molar-refractivity contribution in [3.8, 4) is 5.75 Å². The summed E-state index contributed by atoms with van der Waals surface area (Å²) in [6.45, 7) is 10.3. The molecule has 1 unspecified atom stereocenters. The largest absolute Gasteiger partial charge is 0.496 e. The summed E-state index contributed by atoms with van der Waals surface area (Å²) in [6.07, 6.45) is 0. The maximum Gasteiger partial charge on any atom is 0.122 e. The quantitative estimate of drug-likeness (QED) is 0.843. The molecule has 0 bridgehead atoms. The van der Waals surface area contributed by atoms with Crippen molar-refractivity contribution >= 4 is 0 Å². The van der Waals surface area contributed by atoms with E-state index in [-0.39, 0.29) is 11.5 Å². The van der Waals surface area contributed by atoms with Gasteiger partial charge in [-0.25, -0.2) is 0 Å². The van der Waals surface area contributed by atoms with E-state index in [0.717, 1.165) is 18.8 Å². The Labute approximate surface area is 111 Å². The molecule has 3 N–H and O–H groups in total. The van der Waals surface area contributed by atoms with Crippen molar-refractivity contribution in [2.75, 3.05) is 13.7 Å². The van der Waals surface area contributed by atoms with Gasteiger partial charge in [-0.05, 0) is 29.5 Å². The molecule has 102 valence electrons. The molecular formula is C15H26N2O. The molecule has 0 heterocycles. The minimum Gasteiger partial charge on any atom is -0.496 e. The third-order valence-corrected chi connectivity index (χ3v) is 2.87. The molecule has 0 aliphatic rings. The van der Waals surface area contributed by atoms with Gasteiger partial charge in [0.2, 0.25) is 0 Å². The lowest BCUT2D eigenvalue weighted by molar-refractivity contribution is 0.397. The van der Waals surface area contributed by atoms with Crippen molar-refractivity contribution in [3.63, 3.8) is 0 Å². The summed E-state index contributed by atoms with van der Waals surface area (Å²) < 4.78 is 5.43. The van der Waals surface area contributed by atoms with Crippen LogP contribution < -0.4 is 15.8 Å². The minimum atomic E-state index is 0.0858. The molecule has 0 fully saturated rings. The summed E-state index contributed by atoms with van der Waals surface area (Å²) in [5.74, 6) is 0.957. The van der Waals surface area contributed by atoms with Gasteiger partial charge in [0.1, 0.15) is 5.75 Å². The number of ether oxygens (including phenoxy) is 1. The van der Waals surface area contributed by atoms with Gasteiger partial charge in [-0.3, -0.25) is 0 Å². The molecule has 0 radical (unpaired) electrons. The molecule has 0 aromatic heterocycles. The van der Waals surface area contributed by atoms with Gasteiger partial charge in [0.05, 0.1) is 7.11 Å². The fraction of sp³-hybridized carbons (Fsp3) is 0.600. The number of rotatable bonds is 5. The minimum absolute atomic E-state index is 0.0858. The van der Waals surface area contributed by atoms with E-state index in [9.17, 15) is 0 Å². The molecule has 0 saturated carbocycles. The summed E-state index contributed by atoms with van der Waals surface area (Å²) in [7, 11) is 1.72. The average molecular weight is 250 g/mol. The standard InChI is InChI=1S/C15H26N2O/c1-11(16)9-17-10-12-6-7-14(18-5)13(8-12)15(2,3)4/h6-8,11,17H,9-10,16H2,1-5H3. The Hall–Kier alpha value is -1.06. The number of nitrogens with one attached hydrogen (secondary N) is 1. The number of hydrogen-bond acceptors (Lipinski definition) is 3. The SMILES string of the molecule is COc1ccc(CNCC(C)N)cc1C(C)(C)C. The fourth-order valence-electron chi connectivity index (χ4n) is 1.90. The van der Waals surface area contributed by atoms with Gasteiger partial charge in [-0.1, -0.05) is 32.9 Å². The zero-order valence-corrected chi connectivity index (χ0v) is 12.2. The van der Waals surface area contributed by atoms with Crippen LogP contribution in [0.1, 0.15) is 38.8 Å². The highest BCUT2D eigenvalue weighted by Gasteiger charge is 2.19.